The Bertz CT molecular complexity index is 2410. The molecule has 60 heavy (non-hydrogen) atoms. The molecule has 2 amide bonds. The molecule has 5 rings (SSSR count). The molecular weight excluding hydrogens is 1000 g/mol. The van der Waals surface area contributed by atoms with Gasteiger partial charge in [-0.3, -0.25) is 33.6 Å². The molecule has 3 N–H and O–H groups in total. The quantitative estimate of drug-likeness (QED) is 0.162. The van der Waals surface area contributed by atoms with Gasteiger partial charge < -0.3 is 20.1 Å². The Balaban J connectivity index is 0.000000300. The van der Waals surface area contributed by atoms with Gasteiger partial charge in [-0.1, -0.05) is 0 Å². The van der Waals surface area contributed by atoms with Crippen LogP contribution in [0.1, 0.15) is 13.8 Å². The van der Waals surface area contributed by atoms with Gasteiger partial charge in [0.1, 0.15) is 39.2 Å². The number of carbonyl (C=O) groups excluding carboxylic acids is 3. The molecular formula is C35H36Br3F3N10O9. The Hall–Kier alpha value is -5.82. The van der Waals surface area contributed by atoms with Crippen molar-refractivity contribution < 1.29 is 37.0 Å². The number of hydrogen-bond donors (Lipinski definition) is 3. The van der Waals surface area contributed by atoms with Crippen molar-refractivity contribution in [2.45, 2.75) is 39.7 Å². The number of H-pyrrole nitrogens is 1. The highest BCUT2D eigenvalue weighted by Crippen LogP contribution is 2.22. The zero-order valence-electron chi connectivity index (χ0n) is 31.7. The van der Waals surface area contributed by atoms with Crippen LogP contribution in [0.2, 0.25) is 0 Å². The minimum absolute atomic E-state index is 0.0495. The van der Waals surface area contributed by atoms with E-state index < -0.39 is 24.3 Å². The summed E-state index contributed by atoms with van der Waals surface area (Å²) in [5.41, 5.74) is -0.267. The van der Waals surface area contributed by atoms with E-state index in [2.05, 4.69) is 93.4 Å². The van der Waals surface area contributed by atoms with Crippen LogP contribution in [-0.4, -0.2) is 90.3 Å². The van der Waals surface area contributed by atoms with Gasteiger partial charge in [-0.05, 0) is 110 Å². The fourth-order valence-corrected chi connectivity index (χ4v) is 4.84. The SMILES string of the molecule is CCNC(=O)Cn1nc(-c2ccc(OCC(F)(F)F)cc2)ccc1=O.CCNC(=O)Cn1nc(Br)ccc1=O.COC(=O)Cn1nc(Br)ccc1=O.O=c1ccc(Br)n[nH]1. The lowest BCUT2D eigenvalue weighted by Crippen LogP contribution is -2.33. The zero-order valence-corrected chi connectivity index (χ0v) is 36.5. The molecule has 0 atom stereocenters. The molecule has 0 unspecified atom stereocenters. The number of rotatable bonds is 11. The van der Waals surface area contributed by atoms with Crippen LogP contribution in [0.4, 0.5) is 13.2 Å². The van der Waals surface area contributed by atoms with E-state index in [9.17, 15) is 46.7 Å². The number of esters is 1. The number of alkyl halides is 3. The average molecular weight is 1040 g/mol. The minimum atomic E-state index is -4.41. The Morgan fingerprint density at radius 2 is 1.13 bits per heavy atom. The molecule has 0 aliphatic carbocycles. The Labute approximate surface area is 362 Å². The maximum atomic E-state index is 12.1. The Morgan fingerprint density at radius 3 is 1.57 bits per heavy atom. The molecule has 322 valence electrons. The highest BCUT2D eigenvalue weighted by atomic mass is 79.9. The first-order valence-corrected chi connectivity index (χ1v) is 19.4. The van der Waals surface area contributed by atoms with Gasteiger partial charge in [-0.25, -0.2) is 19.1 Å². The number of methoxy groups -OCH3 is 1. The van der Waals surface area contributed by atoms with E-state index in [4.69, 9.17) is 0 Å². The van der Waals surface area contributed by atoms with Gasteiger partial charge in [0.15, 0.2) is 6.61 Å². The molecule has 0 fully saturated rings. The highest BCUT2D eigenvalue weighted by Gasteiger charge is 2.28. The van der Waals surface area contributed by atoms with Gasteiger partial charge in [0.05, 0.1) is 12.8 Å². The van der Waals surface area contributed by atoms with Crippen molar-refractivity contribution >= 4 is 65.6 Å². The molecule has 5 aromatic rings. The van der Waals surface area contributed by atoms with Crippen LogP contribution in [0.5, 0.6) is 5.75 Å². The number of aromatic amines is 1. The van der Waals surface area contributed by atoms with Gasteiger partial charge in [0.2, 0.25) is 11.8 Å². The van der Waals surface area contributed by atoms with Gasteiger partial charge >= 0.3 is 12.1 Å². The van der Waals surface area contributed by atoms with Crippen LogP contribution in [-0.2, 0) is 38.8 Å². The second-order valence-corrected chi connectivity index (χ2v) is 13.6. The molecule has 25 heteroatoms. The van der Waals surface area contributed by atoms with Crippen LogP contribution in [0, 0.1) is 0 Å². The van der Waals surface area contributed by atoms with E-state index in [1.165, 1.54) is 73.8 Å². The van der Waals surface area contributed by atoms with Crippen LogP contribution in [0.25, 0.3) is 11.3 Å². The third-order valence-corrected chi connectivity index (χ3v) is 7.86. The summed E-state index contributed by atoms with van der Waals surface area (Å²) in [7, 11) is 1.26. The smallest absolute Gasteiger partial charge is 0.422 e. The second kappa shape index (κ2) is 25.6. The maximum Gasteiger partial charge on any atom is 0.422 e. The average Bonchev–Trinajstić information content (AvgIpc) is 3.20. The summed E-state index contributed by atoms with van der Waals surface area (Å²) in [5.74, 6) is -1.00. The lowest BCUT2D eigenvalue weighted by Gasteiger charge is -2.10. The predicted molar refractivity (Wildman–Crippen MR) is 220 cm³/mol. The summed E-state index contributed by atoms with van der Waals surface area (Å²) in [6, 6.07) is 17.3. The number of halogens is 6. The van der Waals surface area contributed by atoms with Gasteiger partial charge in [-0.2, -0.15) is 33.6 Å². The van der Waals surface area contributed by atoms with Gasteiger partial charge in [0.25, 0.3) is 22.2 Å². The van der Waals surface area contributed by atoms with Gasteiger partial charge in [0, 0.05) is 42.9 Å². The van der Waals surface area contributed by atoms with Crippen LogP contribution in [0.3, 0.4) is 0 Å². The van der Waals surface area contributed by atoms with Crippen LogP contribution < -0.4 is 37.6 Å². The van der Waals surface area contributed by atoms with E-state index in [-0.39, 0.29) is 53.9 Å². The van der Waals surface area contributed by atoms with E-state index in [1.54, 1.807) is 13.0 Å². The molecule has 0 saturated carbocycles. The standard InChI is InChI=1S/C16H16F3N3O3.C8H10BrN3O2.C7H7BrN2O3.C4H3BrN2O/c1-2-20-14(23)9-22-15(24)8-7-13(21-22)11-3-5-12(6-4-11)25-10-16(17,18)19;1-2-10-7(13)5-12-8(14)4-3-6(9)11-12;1-13-7(12)4-10-6(11)3-2-5(8)9-10;5-3-1-2-4(8)7-6-3/h3-8H,2,9-10H2,1H3,(H,20,23);3-4H,2,5H2,1H3,(H,10,13);2-3H,4H2,1H3;1-2H,(H,7,8). The summed E-state index contributed by atoms with van der Waals surface area (Å²) in [6.07, 6.45) is -4.41. The van der Waals surface area contributed by atoms with E-state index in [0.717, 1.165) is 14.0 Å². The summed E-state index contributed by atoms with van der Waals surface area (Å²) in [4.78, 5) is 77.9. The lowest BCUT2D eigenvalue weighted by molar-refractivity contribution is -0.153. The summed E-state index contributed by atoms with van der Waals surface area (Å²) in [5, 5.41) is 22.7. The molecule has 0 spiro atoms. The Kier molecular flexibility index (Phi) is 21.5. The topological polar surface area (TPSA) is 244 Å². The summed E-state index contributed by atoms with van der Waals surface area (Å²) in [6.45, 7) is 2.74. The maximum absolute atomic E-state index is 12.1. The van der Waals surface area contributed by atoms with Crippen LogP contribution >= 0.6 is 47.8 Å². The van der Waals surface area contributed by atoms with Crippen molar-refractivity contribution in [3.63, 3.8) is 0 Å². The summed E-state index contributed by atoms with van der Waals surface area (Å²) >= 11 is 9.27. The van der Waals surface area contributed by atoms with E-state index in [1.807, 2.05) is 6.92 Å². The summed E-state index contributed by atoms with van der Waals surface area (Å²) < 4.78 is 50.2. The lowest BCUT2D eigenvalue weighted by atomic mass is 10.1. The Morgan fingerprint density at radius 1 is 0.667 bits per heavy atom. The normalized spacial score (nSPS) is 10.3. The molecule has 0 aliphatic heterocycles. The van der Waals surface area contributed by atoms with Crippen LogP contribution in [0.15, 0.2) is 106 Å². The number of nitrogens with zero attached hydrogens (tertiary/aromatic N) is 7. The van der Waals surface area contributed by atoms with Crippen molar-refractivity contribution in [2.24, 2.45) is 0 Å². The van der Waals surface area contributed by atoms with Crippen molar-refractivity contribution in [2.75, 3.05) is 26.8 Å². The zero-order chi connectivity index (χ0) is 44.8. The van der Waals surface area contributed by atoms with Crippen molar-refractivity contribution in [3.8, 4) is 17.0 Å². The first-order chi connectivity index (χ1) is 28.3. The number of carbonyl (C=O) groups is 3. The predicted octanol–water partition coefficient (Wildman–Crippen LogP) is 2.84. The third-order valence-electron chi connectivity index (χ3n) is 6.57. The fourth-order valence-electron chi connectivity index (χ4n) is 3.97. The number of amides is 2. The first-order valence-electron chi connectivity index (χ1n) is 17.0. The number of nitrogens with one attached hydrogen (secondary N) is 3. The molecule has 0 aliphatic rings. The molecule has 0 bridgehead atoms. The highest BCUT2D eigenvalue weighted by molar-refractivity contribution is 9.11. The number of likely N-dealkylation sites (N-methyl/N-ethyl adjacent to an activating group) is 2. The molecule has 0 saturated heterocycles. The fraction of sp³-hybridized carbons (Fsp3) is 0.286. The van der Waals surface area contributed by atoms with E-state index in [0.29, 0.717) is 38.2 Å². The number of ether oxygens (including phenoxy) is 2. The second-order valence-electron chi connectivity index (χ2n) is 11.2. The first kappa shape index (κ1) is 50.3. The van der Waals surface area contributed by atoms with Gasteiger partial charge in [-0.15, -0.1) is 0 Å². The number of aromatic nitrogens is 8. The van der Waals surface area contributed by atoms with Crippen molar-refractivity contribution in [1.29, 1.82) is 0 Å². The van der Waals surface area contributed by atoms with Crippen molar-refractivity contribution in [1.82, 2.24) is 50.2 Å². The monoisotopic (exact) mass is 1030 g/mol. The molecule has 19 nitrogen and oxygen atoms in total. The molecule has 0 radical (unpaired) electrons. The minimum Gasteiger partial charge on any atom is -0.484 e. The molecule has 1 aromatic carbocycles. The molecule has 4 aromatic heterocycles. The third kappa shape index (κ3) is 19.8. The van der Waals surface area contributed by atoms with Crippen molar-refractivity contribution in [3.05, 3.63) is 128 Å². The number of benzene rings is 1. The number of hydrogen-bond acceptors (Lipinski definition) is 13. The van der Waals surface area contributed by atoms with E-state index >= 15 is 0 Å². The largest absolute Gasteiger partial charge is 0.484 e. The molecule has 4 heterocycles.